The van der Waals surface area contributed by atoms with Gasteiger partial charge in [0.05, 0.1) is 22.6 Å². The first-order valence-electron chi connectivity index (χ1n) is 9.92. The molecule has 9 nitrogen and oxygen atoms in total. The highest BCUT2D eigenvalue weighted by Crippen LogP contribution is 2.28. The van der Waals surface area contributed by atoms with E-state index < -0.39 is 10.0 Å². The van der Waals surface area contributed by atoms with E-state index in [0.29, 0.717) is 21.1 Å². The zero-order valence-electron chi connectivity index (χ0n) is 18.1. The average Bonchev–Trinajstić information content (AvgIpc) is 3.07. The Bertz CT molecular complexity index is 1340. The van der Waals surface area contributed by atoms with Gasteiger partial charge in [-0.2, -0.15) is 0 Å². The van der Waals surface area contributed by atoms with Gasteiger partial charge in [-0.25, -0.2) is 18.1 Å². The molecule has 12 heteroatoms. The predicted molar refractivity (Wildman–Crippen MR) is 132 cm³/mol. The number of rotatable bonds is 10. The lowest BCUT2D eigenvalue weighted by molar-refractivity contribution is -0.113. The Hall–Kier alpha value is -2.51. The number of aryl methyl sites for hydroxylation is 2. The third-order valence-corrected chi connectivity index (χ3v) is 8.30. The number of nitrogens with zero attached hydrogens (tertiary/aromatic N) is 2. The van der Waals surface area contributed by atoms with Crippen molar-refractivity contribution in [3.63, 3.8) is 0 Å². The third kappa shape index (κ3) is 5.71. The second kappa shape index (κ2) is 10.6. The van der Waals surface area contributed by atoms with E-state index in [1.54, 1.807) is 6.08 Å². The van der Waals surface area contributed by atoms with Crippen LogP contribution in [0.1, 0.15) is 10.4 Å². The number of fused-ring (bicyclic) bond motifs is 1. The number of sulfonamides is 1. The van der Waals surface area contributed by atoms with E-state index in [1.807, 2.05) is 13.8 Å². The molecule has 0 aliphatic rings. The summed E-state index contributed by atoms with van der Waals surface area (Å²) in [6.07, 6.45) is 1.61. The number of benzene rings is 1. The van der Waals surface area contributed by atoms with Gasteiger partial charge >= 0.3 is 0 Å². The number of aliphatic hydroxyl groups is 1. The number of thiophene rings is 1. The highest BCUT2D eigenvalue weighted by atomic mass is 32.2. The summed E-state index contributed by atoms with van der Waals surface area (Å²) in [5.41, 5.74) is 1.19. The van der Waals surface area contributed by atoms with Crippen LogP contribution in [-0.4, -0.2) is 47.9 Å². The number of aliphatic hydroxyl groups excluding tert-OH is 1. The number of hydrogen-bond donors (Lipinski definition) is 3. The molecule has 33 heavy (non-hydrogen) atoms. The van der Waals surface area contributed by atoms with Crippen molar-refractivity contribution in [2.75, 3.05) is 24.2 Å². The fraction of sp³-hybridized carbons (Fsp3) is 0.286. The molecule has 0 aliphatic carbocycles. The van der Waals surface area contributed by atoms with Crippen LogP contribution in [-0.2, 0) is 21.4 Å². The van der Waals surface area contributed by atoms with Gasteiger partial charge in [0.1, 0.15) is 4.83 Å². The lowest BCUT2D eigenvalue weighted by atomic mass is 10.2. The van der Waals surface area contributed by atoms with Gasteiger partial charge in [-0.15, -0.1) is 17.9 Å². The quantitative estimate of drug-likeness (QED) is 0.218. The van der Waals surface area contributed by atoms with Gasteiger partial charge in [-0.1, -0.05) is 17.8 Å². The van der Waals surface area contributed by atoms with E-state index in [1.165, 1.54) is 40.2 Å². The molecule has 0 fully saturated rings. The minimum atomic E-state index is -3.72. The predicted octanol–water partition coefficient (Wildman–Crippen LogP) is 2.26. The fourth-order valence-electron chi connectivity index (χ4n) is 3.02. The van der Waals surface area contributed by atoms with Crippen LogP contribution in [0.3, 0.4) is 0 Å². The number of carbonyl (C=O) groups is 1. The van der Waals surface area contributed by atoms with Gasteiger partial charge < -0.3 is 10.4 Å². The molecule has 0 spiro atoms. The van der Waals surface area contributed by atoms with E-state index in [4.69, 9.17) is 5.11 Å². The number of carbonyl (C=O) groups excluding carboxylic acids is 1. The summed E-state index contributed by atoms with van der Waals surface area (Å²) in [6, 6.07) is 5.68. The van der Waals surface area contributed by atoms with Crippen molar-refractivity contribution in [1.82, 2.24) is 14.3 Å². The zero-order chi connectivity index (χ0) is 24.2. The Morgan fingerprint density at radius 3 is 2.64 bits per heavy atom. The second-order valence-electron chi connectivity index (χ2n) is 7.04. The lowest BCUT2D eigenvalue weighted by Crippen LogP contribution is -2.26. The molecule has 0 saturated carbocycles. The molecule has 3 rings (SSSR count). The molecule has 1 amide bonds. The van der Waals surface area contributed by atoms with E-state index in [9.17, 15) is 18.0 Å². The van der Waals surface area contributed by atoms with Gasteiger partial charge in [-0.05, 0) is 43.7 Å². The molecule has 3 aromatic rings. The number of anilines is 1. The Kier molecular flexibility index (Phi) is 8.08. The average molecular weight is 509 g/mol. The first-order chi connectivity index (χ1) is 15.7. The monoisotopic (exact) mass is 508 g/mol. The largest absolute Gasteiger partial charge is 0.395 e. The molecule has 0 atom stereocenters. The second-order valence-corrected chi connectivity index (χ2v) is 11.0. The van der Waals surface area contributed by atoms with Crippen LogP contribution in [0.25, 0.3) is 10.2 Å². The molecular weight excluding hydrogens is 484 g/mol. The lowest BCUT2D eigenvalue weighted by Gasteiger charge is -2.11. The van der Waals surface area contributed by atoms with Crippen molar-refractivity contribution in [3.8, 4) is 0 Å². The normalized spacial score (nSPS) is 11.6. The van der Waals surface area contributed by atoms with Gasteiger partial charge in [-0.3, -0.25) is 14.2 Å². The summed E-state index contributed by atoms with van der Waals surface area (Å²) in [7, 11) is -3.72. The van der Waals surface area contributed by atoms with Crippen LogP contribution in [0.2, 0.25) is 0 Å². The van der Waals surface area contributed by atoms with Gasteiger partial charge in [0.15, 0.2) is 5.16 Å². The van der Waals surface area contributed by atoms with Gasteiger partial charge in [0.2, 0.25) is 15.9 Å². The Morgan fingerprint density at radius 2 is 2.00 bits per heavy atom. The van der Waals surface area contributed by atoms with Crippen molar-refractivity contribution < 1.29 is 18.3 Å². The topological polar surface area (TPSA) is 130 Å². The number of nitrogens with one attached hydrogen (secondary N) is 2. The summed E-state index contributed by atoms with van der Waals surface area (Å²) in [5.74, 6) is -0.316. The fourth-order valence-corrected chi connectivity index (χ4v) is 5.92. The SMILES string of the molecule is C=CCn1c(SCC(=O)Nc2ccc(S(=O)(=O)NCCO)cc2)nc2sc(C)c(C)c2c1=O. The standard InChI is InChI=1S/C21H24N4O5S3/c1-4-10-25-20(28)18-13(2)14(3)32-19(18)24-21(25)31-12-17(27)23-15-5-7-16(8-6-15)33(29,30)22-9-11-26/h4-8,22,26H,1,9-12H2,2-3H3,(H,23,27). The van der Waals surface area contributed by atoms with Crippen molar-refractivity contribution >= 4 is 54.9 Å². The maximum atomic E-state index is 13.0. The maximum absolute atomic E-state index is 13.0. The number of hydrogen-bond acceptors (Lipinski definition) is 8. The van der Waals surface area contributed by atoms with Crippen LogP contribution >= 0.6 is 23.1 Å². The number of amides is 1. The maximum Gasteiger partial charge on any atom is 0.263 e. The smallest absolute Gasteiger partial charge is 0.263 e. The third-order valence-electron chi connectivity index (χ3n) is 4.75. The highest BCUT2D eigenvalue weighted by molar-refractivity contribution is 7.99. The number of aromatic nitrogens is 2. The molecule has 176 valence electrons. The molecule has 0 radical (unpaired) electrons. The van der Waals surface area contributed by atoms with E-state index >= 15 is 0 Å². The summed E-state index contributed by atoms with van der Waals surface area (Å²) in [4.78, 5) is 31.7. The molecule has 2 heterocycles. The summed E-state index contributed by atoms with van der Waals surface area (Å²) >= 11 is 2.59. The van der Waals surface area contributed by atoms with Crippen molar-refractivity contribution in [3.05, 3.63) is 57.7 Å². The van der Waals surface area contributed by atoms with Crippen LogP contribution in [0.5, 0.6) is 0 Å². The molecular formula is C21H24N4O5S3. The number of allylic oxidation sites excluding steroid dienone is 1. The molecule has 2 aromatic heterocycles. The first kappa shape index (κ1) is 25.1. The van der Waals surface area contributed by atoms with Crippen LogP contribution in [0.4, 0.5) is 5.69 Å². The van der Waals surface area contributed by atoms with E-state index in [-0.39, 0.29) is 41.8 Å². The highest BCUT2D eigenvalue weighted by Gasteiger charge is 2.17. The minimum Gasteiger partial charge on any atom is -0.395 e. The van der Waals surface area contributed by atoms with Crippen LogP contribution in [0.15, 0.2) is 51.8 Å². The number of thioether (sulfide) groups is 1. The van der Waals surface area contributed by atoms with Crippen LogP contribution in [0, 0.1) is 13.8 Å². The minimum absolute atomic E-state index is 0.0105. The molecule has 0 aliphatic heterocycles. The van der Waals surface area contributed by atoms with E-state index in [0.717, 1.165) is 22.2 Å². The molecule has 0 unspecified atom stereocenters. The van der Waals surface area contributed by atoms with E-state index in [2.05, 4.69) is 21.6 Å². The van der Waals surface area contributed by atoms with Gasteiger partial charge in [0.25, 0.3) is 5.56 Å². The van der Waals surface area contributed by atoms with Gasteiger partial charge in [0, 0.05) is 23.7 Å². The van der Waals surface area contributed by atoms with Crippen molar-refractivity contribution in [2.24, 2.45) is 0 Å². The summed E-state index contributed by atoms with van der Waals surface area (Å²) in [6.45, 7) is 7.43. The molecule has 0 saturated heterocycles. The molecule has 1 aromatic carbocycles. The van der Waals surface area contributed by atoms with Crippen molar-refractivity contribution in [2.45, 2.75) is 30.4 Å². The summed E-state index contributed by atoms with van der Waals surface area (Å²) in [5, 5.41) is 12.5. The zero-order valence-corrected chi connectivity index (χ0v) is 20.6. The Balaban J connectivity index is 1.73. The Labute approximate surface area is 199 Å². The Morgan fingerprint density at radius 1 is 1.30 bits per heavy atom. The van der Waals surface area contributed by atoms with Crippen molar-refractivity contribution in [1.29, 1.82) is 0 Å². The summed E-state index contributed by atoms with van der Waals surface area (Å²) < 4.78 is 27.9. The molecule has 0 bridgehead atoms. The van der Waals surface area contributed by atoms with Crippen LogP contribution < -0.4 is 15.6 Å². The first-order valence-corrected chi connectivity index (χ1v) is 13.2. The molecule has 3 N–H and O–H groups in total.